The smallest absolute Gasteiger partial charge is 0.273 e. The molecule has 0 aliphatic heterocycles. The first-order chi connectivity index (χ1) is 12.3. The molecular formula is C16H15N5O4S. The Labute approximate surface area is 153 Å². The number of ether oxygens (including phenoxy) is 1. The maximum absolute atomic E-state index is 12.2. The van der Waals surface area contributed by atoms with Crippen molar-refractivity contribution in [3.63, 3.8) is 0 Å². The van der Waals surface area contributed by atoms with Crippen molar-refractivity contribution in [2.75, 3.05) is 18.2 Å². The van der Waals surface area contributed by atoms with Crippen molar-refractivity contribution in [2.24, 2.45) is 0 Å². The van der Waals surface area contributed by atoms with Gasteiger partial charge in [0.1, 0.15) is 28.2 Å². The van der Waals surface area contributed by atoms with E-state index in [9.17, 15) is 20.2 Å². The largest absolute Gasteiger partial charge is 0.494 e. The molecule has 0 fully saturated rings. The Morgan fingerprint density at radius 3 is 2.77 bits per heavy atom. The van der Waals surface area contributed by atoms with E-state index in [4.69, 9.17) is 4.74 Å². The molecule has 0 radical (unpaired) electrons. The minimum atomic E-state index is -0.548. The van der Waals surface area contributed by atoms with Crippen LogP contribution in [-0.4, -0.2) is 33.7 Å². The molecule has 2 rings (SSSR count). The number of nitro benzene ring substituents is 1. The zero-order valence-corrected chi connectivity index (χ0v) is 15.1. The van der Waals surface area contributed by atoms with Crippen LogP contribution >= 0.6 is 11.8 Å². The van der Waals surface area contributed by atoms with Gasteiger partial charge in [-0.1, -0.05) is 11.8 Å². The van der Waals surface area contributed by atoms with E-state index in [0.29, 0.717) is 27.8 Å². The number of anilines is 1. The first kappa shape index (κ1) is 19.1. The zero-order chi connectivity index (χ0) is 19.3. The van der Waals surface area contributed by atoms with Gasteiger partial charge < -0.3 is 10.1 Å². The van der Waals surface area contributed by atoms with E-state index in [1.165, 1.54) is 25.3 Å². The number of thioether (sulfide) groups is 1. The summed E-state index contributed by atoms with van der Waals surface area (Å²) in [6.07, 6.45) is 0. The van der Waals surface area contributed by atoms with Gasteiger partial charge in [0.15, 0.2) is 0 Å². The molecule has 0 saturated heterocycles. The highest BCUT2D eigenvalue weighted by molar-refractivity contribution is 8.00. The minimum absolute atomic E-state index is 0.00468. The Balaban J connectivity index is 2.11. The summed E-state index contributed by atoms with van der Waals surface area (Å²) in [7, 11) is 1.36. The Morgan fingerprint density at radius 1 is 1.42 bits per heavy atom. The Morgan fingerprint density at radius 2 is 2.15 bits per heavy atom. The van der Waals surface area contributed by atoms with Crippen LogP contribution in [0, 0.1) is 35.3 Å². The number of hydrogen-bond donors (Lipinski definition) is 1. The SMILES string of the molecule is COc1cc([N+](=O)[O-])ccc1NC(=O)CSc1nc(C)nc(C)c1C#N. The number of aromatic nitrogens is 2. The van der Waals surface area contributed by atoms with Gasteiger partial charge in [-0.15, -0.1) is 0 Å². The van der Waals surface area contributed by atoms with Gasteiger partial charge in [-0.05, 0) is 19.9 Å². The third-order valence-electron chi connectivity index (χ3n) is 3.29. The molecule has 1 N–H and O–H groups in total. The summed E-state index contributed by atoms with van der Waals surface area (Å²) >= 11 is 1.11. The highest BCUT2D eigenvalue weighted by Gasteiger charge is 2.15. The van der Waals surface area contributed by atoms with Gasteiger partial charge in [0.05, 0.1) is 35.2 Å². The molecule has 1 heterocycles. The van der Waals surface area contributed by atoms with Crippen LogP contribution in [0.25, 0.3) is 0 Å². The van der Waals surface area contributed by atoms with Crippen molar-refractivity contribution >= 4 is 29.0 Å². The highest BCUT2D eigenvalue weighted by Crippen LogP contribution is 2.29. The van der Waals surface area contributed by atoms with Crippen LogP contribution in [0.15, 0.2) is 23.2 Å². The van der Waals surface area contributed by atoms with Crippen LogP contribution in [0.5, 0.6) is 5.75 Å². The van der Waals surface area contributed by atoms with Crippen LogP contribution in [0.1, 0.15) is 17.1 Å². The number of carbonyl (C=O) groups is 1. The fourth-order valence-corrected chi connectivity index (χ4v) is 3.01. The molecule has 26 heavy (non-hydrogen) atoms. The molecule has 0 aliphatic carbocycles. The molecule has 2 aromatic rings. The second-order valence-corrected chi connectivity index (χ2v) is 6.09. The quantitative estimate of drug-likeness (QED) is 0.354. The number of nitro groups is 1. The van der Waals surface area contributed by atoms with E-state index in [0.717, 1.165) is 11.8 Å². The molecule has 1 aromatic carbocycles. The van der Waals surface area contributed by atoms with Crippen molar-refractivity contribution < 1.29 is 14.5 Å². The first-order valence-electron chi connectivity index (χ1n) is 7.36. The predicted molar refractivity (Wildman–Crippen MR) is 95.2 cm³/mol. The van der Waals surface area contributed by atoms with Gasteiger partial charge in [0.2, 0.25) is 5.91 Å². The lowest BCUT2D eigenvalue weighted by Gasteiger charge is -2.10. The summed E-state index contributed by atoms with van der Waals surface area (Å²) in [5.41, 5.74) is 1.07. The normalized spacial score (nSPS) is 10.1. The Bertz CT molecular complexity index is 910. The summed E-state index contributed by atoms with van der Waals surface area (Å²) in [5, 5.41) is 23.1. The van der Waals surface area contributed by atoms with E-state index in [1.54, 1.807) is 13.8 Å². The van der Waals surface area contributed by atoms with Gasteiger partial charge in [-0.3, -0.25) is 14.9 Å². The van der Waals surface area contributed by atoms with Crippen LogP contribution in [0.2, 0.25) is 0 Å². The molecule has 0 spiro atoms. The monoisotopic (exact) mass is 373 g/mol. The fourth-order valence-electron chi connectivity index (χ4n) is 2.13. The molecule has 1 amide bonds. The number of benzene rings is 1. The van der Waals surface area contributed by atoms with E-state index in [2.05, 4.69) is 15.3 Å². The molecule has 0 atom stereocenters. The predicted octanol–water partition coefficient (Wildman–Crippen LogP) is 2.61. The second kappa shape index (κ2) is 8.26. The number of methoxy groups -OCH3 is 1. The van der Waals surface area contributed by atoms with Crippen molar-refractivity contribution in [2.45, 2.75) is 18.9 Å². The molecule has 0 saturated carbocycles. The average Bonchev–Trinajstić information content (AvgIpc) is 2.59. The van der Waals surface area contributed by atoms with E-state index in [-0.39, 0.29) is 23.1 Å². The second-order valence-electron chi connectivity index (χ2n) is 5.13. The van der Waals surface area contributed by atoms with Gasteiger partial charge in [0.25, 0.3) is 5.69 Å². The number of amides is 1. The first-order valence-corrected chi connectivity index (χ1v) is 8.34. The number of nitriles is 1. The topological polar surface area (TPSA) is 131 Å². The third kappa shape index (κ3) is 4.46. The van der Waals surface area contributed by atoms with Crippen LogP contribution in [0.3, 0.4) is 0 Å². The van der Waals surface area contributed by atoms with Crippen molar-refractivity contribution in [1.82, 2.24) is 9.97 Å². The molecule has 10 heteroatoms. The number of carbonyl (C=O) groups excluding carboxylic acids is 1. The molecular weight excluding hydrogens is 358 g/mol. The number of nitrogens with zero attached hydrogens (tertiary/aromatic N) is 4. The number of nitrogens with one attached hydrogen (secondary N) is 1. The van der Waals surface area contributed by atoms with Crippen molar-refractivity contribution in [3.8, 4) is 11.8 Å². The molecule has 9 nitrogen and oxygen atoms in total. The summed E-state index contributed by atoms with van der Waals surface area (Å²) in [5.74, 6) is 0.343. The van der Waals surface area contributed by atoms with Gasteiger partial charge in [0, 0.05) is 6.07 Å². The fraction of sp³-hybridized carbons (Fsp3) is 0.250. The number of aryl methyl sites for hydroxylation is 2. The number of non-ortho nitro benzene ring substituents is 1. The summed E-state index contributed by atoms with van der Waals surface area (Å²) in [6.45, 7) is 3.42. The van der Waals surface area contributed by atoms with Crippen LogP contribution in [0.4, 0.5) is 11.4 Å². The number of hydrogen-bond acceptors (Lipinski definition) is 8. The molecule has 1 aromatic heterocycles. The van der Waals surface area contributed by atoms with Gasteiger partial charge in [-0.25, -0.2) is 9.97 Å². The lowest BCUT2D eigenvalue weighted by molar-refractivity contribution is -0.384. The highest BCUT2D eigenvalue weighted by atomic mass is 32.2. The van der Waals surface area contributed by atoms with E-state index < -0.39 is 4.92 Å². The molecule has 0 aliphatic rings. The Hall–Kier alpha value is -3.19. The number of rotatable bonds is 6. The maximum Gasteiger partial charge on any atom is 0.273 e. The lowest BCUT2D eigenvalue weighted by atomic mass is 10.2. The summed E-state index contributed by atoms with van der Waals surface area (Å²) in [4.78, 5) is 30.8. The summed E-state index contributed by atoms with van der Waals surface area (Å²) < 4.78 is 5.08. The van der Waals surface area contributed by atoms with Gasteiger partial charge >= 0.3 is 0 Å². The average molecular weight is 373 g/mol. The Kier molecular flexibility index (Phi) is 6.08. The minimum Gasteiger partial charge on any atom is -0.494 e. The van der Waals surface area contributed by atoms with Crippen molar-refractivity contribution in [3.05, 3.63) is 45.4 Å². The molecule has 0 bridgehead atoms. The molecule has 0 unspecified atom stereocenters. The zero-order valence-electron chi connectivity index (χ0n) is 14.3. The molecule has 134 valence electrons. The third-order valence-corrected chi connectivity index (χ3v) is 4.27. The summed E-state index contributed by atoms with van der Waals surface area (Å²) in [6, 6.07) is 5.94. The lowest BCUT2D eigenvalue weighted by Crippen LogP contribution is -2.15. The van der Waals surface area contributed by atoms with Crippen LogP contribution in [-0.2, 0) is 4.79 Å². The standard InChI is InChI=1S/C16H15N5O4S/c1-9-12(7-17)16(19-10(2)18-9)26-8-15(22)20-13-5-4-11(21(23)24)6-14(13)25-3/h4-6H,8H2,1-3H3,(H,20,22). The van der Waals surface area contributed by atoms with Crippen LogP contribution < -0.4 is 10.1 Å². The van der Waals surface area contributed by atoms with E-state index in [1.807, 2.05) is 6.07 Å². The maximum atomic E-state index is 12.2. The van der Waals surface area contributed by atoms with Crippen molar-refractivity contribution in [1.29, 1.82) is 5.26 Å². The van der Waals surface area contributed by atoms with E-state index >= 15 is 0 Å². The van der Waals surface area contributed by atoms with Gasteiger partial charge in [-0.2, -0.15) is 5.26 Å².